The fourth-order valence-corrected chi connectivity index (χ4v) is 2.54. The quantitative estimate of drug-likeness (QED) is 0.890. The van der Waals surface area contributed by atoms with E-state index in [1.165, 1.54) is 19.3 Å². The first-order chi connectivity index (χ1) is 10.2. The molecule has 0 saturated carbocycles. The van der Waals surface area contributed by atoms with Gasteiger partial charge in [-0.3, -0.25) is 9.59 Å². The third kappa shape index (κ3) is 4.77. The molecule has 1 heterocycles. The second kappa shape index (κ2) is 7.67. The Morgan fingerprint density at radius 2 is 1.57 bits per heavy atom. The van der Waals surface area contributed by atoms with Crippen molar-refractivity contribution in [2.24, 2.45) is 5.73 Å². The van der Waals surface area contributed by atoms with Gasteiger partial charge in [0.25, 0.3) is 0 Å². The summed E-state index contributed by atoms with van der Waals surface area (Å²) in [4.78, 5) is 25.1. The molecule has 1 fully saturated rings. The van der Waals surface area contributed by atoms with Crippen LogP contribution in [0.2, 0.25) is 0 Å². The maximum Gasteiger partial charge on any atom is 0.248 e. The van der Waals surface area contributed by atoms with Crippen LogP contribution in [0.3, 0.4) is 0 Å². The summed E-state index contributed by atoms with van der Waals surface area (Å²) in [5, 5.41) is 3.10. The maximum atomic E-state index is 12.2. The van der Waals surface area contributed by atoms with E-state index >= 15 is 0 Å². The molecule has 1 saturated heterocycles. The number of nitrogens with zero attached hydrogens (tertiary/aromatic N) is 1. The van der Waals surface area contributed by atoms with Crippen molar-refractivity contribution < 1.29 is 9.59 Å². The summed E-state index contributed by atoms with van der Waals surface area (Å²) in [7, 11) is 0. The number of likely N-dealkylation sites (tertiary alicyclic amines) is 1. The lowest BCUT2D eigenvalue weighted by atomic mass is 10.1. The van der Waals surface area contributed by atoms with E-state index in [2.05, 4.69) is 5.32 Å². The number of hydrogen-bond acceptors (Lipinski definition) is 3. The first-order valence-corrected chi connectivity index (χ1v) is 7.58. The molecule has 0 aliphatic carbocycles. The minimum atomic E-state index is -0.446. The molecule has 3 N–H and O–H groups in total. The van der Waals surface area contributed by atoms with Gasteiger partial charge in [0.1, 0.15) is 0 Å². The van der Waals surface area contributed by atoms with Crippen LogP contribution in [-0.4, -0.2) is 36.3 Å². The standard InChI is InChI=1S/C16H23N3O2/c17-16(21)13-6-8-14(9-7-13)18-12-15(20)19-10-4-2-1-3-5-11-19/h6-9,18H,1-5,10-12H2,(H2,17,21). The Labute approximate surface area is 125 Å². The lowest BCUT2D eigenvalue weighted by Gasteiger charge is -2.25. The van der Waals surface area contributed by atoms with Crippen molar-refractivity contribution in [3.8, 4) is 0 Å². The third-order valence-electron chi connectivity index (χ3n) is 3.82. The van der Waals surface area contributed by atoms with Gasteiger partial charge in [-0.05, 0) is 37.1 Å². The molecular weight excluding hydrogens is 266 g/mol. The molecule has 0 atom stereocenters. The minimum absolute atomic E-state index is 0.135. The van der Waals surface area contributed by atoms with Crippen LogP contribution < -0.4 is 11.1 Å². The Kier molecular flexibility index (Phi) is 5.60. The molecule has 2 rings (SSSR count). The van der Waals surface area contributed by atoms with Gasteiger partial charge in [0.05, 0.1) is 6.54 Å². The fraction of sp³-hybridized carbons (Fsp3) is 0.500. The summed E-state index contributed by atoms with van der Waals surface area (Å²) in [5.74, 6) is -0.311. The number of nitrogens with two attached hydrogens (primary N) is 1. The average Bonchev–Trinajstić information content (AvgIpc) is 2.45. The largest absolute Gasteiger partial charge is 0.376 e. The van der Waals surface area contributed by atoms with Gasteiger partial charge in [0, 0.05) is 24.3 Å². The van der Waals surface area contributed by atoms with Gasteiger partial charge in [-0.15, -0.1) is 0 Å². The van der Waals surface area contributed by atoms with Crippen LogP contribution in [0.15, 0.2) is 24.3 Å². The summed E-state index contributed by atoms with van der Waals surface area (Å²) in [6, 6.07) is 6.85. The highest BCUT2D eigenvalue weighted by molar-refractivity contribution is 5.93. The lowest BCUT2D eigenvalue weighted by molar-refractivity contribution is -0.129. The number of rotatable bonds is 4. The van der Waals surface area contributed by atoms with Crippen LogP contribution in [0.1, 0.15) is 42.5 Å². The van der Waals surface area contributed by atoms with E-state index in [1.54, 1.807) is 24.3 Å². The molecule has 1 aliphatic heterocycles. The smallest absolute Gasteiger partial charge is 0.248 e. The first kappa shape index (κ1) is 15.4. The number of primary amides is 1. The fourth-order valence-electron chi connectivity index (χ4n) is 2.54. The molecule has 2 amide bonds. The second-order valence-corrected chi connectivity index (χ2v) is 5.44. The van der Waals surface area contributed by atoms with Crippen molar-refractivity contribution in [3.63, 3.8) is 0 Å². The molecule has 21 heavy (non-hydrogen) atoms. The molecular formula is C16H23N3O2. The third-order valence-corrected chi connectivity index (χ3v) is 3.82. The first-order valence-electron chi connectivity index (χ1n) is 7.58. The van der Waals surface area contributed by atoms with Gasteiger partial charge in [0.15, 0.2) is 0 Å². The summed E-state index contributed by atoms with van der Waals surface area (Å²) >= 11 is 0. The van der Waals surface area contributed by atoms with E-state index in [1.807, 2.05) is 4.90 Å². The highest BCUT2D eigenvalue weighted by Gasteiger charge is 2.14. The molecule has 114 valence electrons. The zero-order chi connectivity index (χ0) is 15.1. The summed E-state index contributed by atoms with van der Waals surface area (Å²) in [6.45, 7) is 2.01. The number of benzene rings is 1. The molecule has 1 aliphatic rings. The molecule has 1 aromatic rings. The van der Waals surface area contributed by atoms with Crippen molar-refractivity contribution in [1.29, 1.82) is 0 Å². The molecule has 5 heteroatoms. The van der Waals surface area contributed by atoms with E-state index in [4.69, 9.17) is 5.73 Å². The highest BCUT2D eigenvalue weighted by Crippen LogP contribution is 2.12. The monoisotopic (exact) mass is 289 g/mol. The Bertz CT molecular complexity index is 477. The zero-order valence-electron chi connectivity index (χ0n) is 12.3. The van der Waals surface area contributed by atoms with Crippen LogP contribution >= 0.6 is 0 Å². The highest BCUT2D eigenvalue weighted by atomic mass is 16.2. The van der Waals surface area contributed by atoms with Gasteiger partial charge in [0.2, 0.25) is 11.8 Å². The minimum Gasteiger partial charge on any atom is -0.376 e. The molecule has 0 bridgehead atoms. The van der Waals surface area contributed by atoms with Crippen molar-refractivity contribution in [1.82, 2.24) is 4.90 Å². The van der Waals surface area contributed by atoms with Gasteiger partial charge >= 0.3 is 0 Å². The van der Waals surface area contributed by atoms with Crippen LogP contribution in [0.25, 0.3) is 0 Å². The van der Waals surface area contributed by atoms with Gasteiger partial charge < -0.3 is 16.0 Å². The Hall–Kier alpha value is -2.04. The van der Waals surface area contributed by atoms with Crippen LogP contribution in [0.5, 0.6) is 0 Å². The van der Waals surface area contributed by atoms with E-state index in [9.17, 15) is 9.59 Å². The Morgan fingerprint density at radius 3 is 2.14 bits per heavy atom. The Morgan fingerprint density at radius 1 is 1.00 bits per heavy atom. The van der Waals surface area contributed by atoms with Crippen molar-refractivity contribution in [3.05, 3.63) is 29.8 Å². The SMILES string of the molecule is NC(=O)c1ccc(NCC(=O)N2CCCCCCC2)cc1. The van der Waals surface area contributed by atoms with Crippen LogP contribution in [0, 0.1) is 0 Å². The maximum absolute atomic E-state index is 12.2. The van der Waals surface area contributed by atoms with Crippen LogP contribution in [-0.2, 0) is 4.79 Å². The predicted molar refractivity (Wildman–Crippen MR) is 83.1 cm³/mol. The number of amides is 2. The molecule has 0 spiro atoms. The zero-order valence-corrected chi connectivity index (χ0v) is 12.3. The number of carbonyl (C=O) groups excluding carboxylic acids is 2. The number of hydrogen-bond donors (Lipinski definition) is 2. The normalized spacial score (nSPS) is 15.9. The average molecular weight is 289 g/mol. The number of nitrogens with one attached hydrogen (secondary N) is 1. The van der Waals surface area contributed by atoms with E-state index in [-0.39, 0.29) is 12.5 Å². The number of carbonyl (C=O) groups is 2. The van der Waals surface area contributed by atoms with Crippen LogP contribution in [0.4, 0.5) is 5.69 Å². The second-order valence-electron chi connectivity index (χ2n) is 5.44. The van der Waals surface area contributed by atoms with Crippen molar-refractivity contribution in [2.75, 3.05) is 25.0 Å². The molecule has 0 radical (unpaired) electrons. The Balaban J connectivity index is 1.83. The predicted octanol–water partition coefficient (Wildman–Crippen LogP) is 1.99. The molecule has 5 nitrogen and oxygen atoms in total. The van der Waals surface area contributed by atoms with Crippen molar-refractivity contribution >= 4 is 17.5 Å². The lowest BCUT2D eigenvalue weighted by Crippen LogP contribution is -2.37. The van der Waals surface area contributed by atoms with Gasteiger partial charge in [-0.2, -0.15) is 0 Å². The molecule has 0 unspecified atom stereocenters. The van der Waals surface area contributed by atoms with Crippen molar-refractivity contribution in [2.45, 2.75) is 32.1 Å². The van der Waals surface area contributed by atoms with E-state index in [0.29, 0.717) is 5.56 Å². The number of anilines is 1. The van der Waals surface area contributed by atoms with E-state index in [0.717, 1.165) is 31.6 Å². The van der Waals surface area contributed by atoms with E-state index < -0.39 is 5.91 Å². The van der Waals surface area contributed by atoms with Gasteiger partial charge in [-0.1, -0.05) is 19.3 Å². The van der Waals surface area contributed by atoms with Gasteiger partial charge in [-0.25, -0.2) is 0 Å². The molecule has 1 aromatic carbocycles. The molecule has 0 aromatic heterocycles. The summed E-state index contributed by atoms with van der Waals surface area (Å²) in [6.07, 6.45) is 5.90. The summed E-state index contributed by atoms with van der Waals surface area (Å²) < 4.78 is 0. The summed E-state index contributed by atoms with van der Waals surface area (Å²) in [5.41, 5.74) is 6.48. The topological polar surface area (TPSA) is 75.4 Å².